The van der Waals surface area contributed by atoms with E-state index in [9.17, 15) is 26.4 Å². The summed E-state index contributed by atoms with van der Waals surface area (Å²) in [7, 11) is -6.45. The summed E-state index contributed by atoms with van der Waals surface area (Å²) in [6.07, 6.45) is 2.19. The lowest BCUT2D eigenvalue weighted by atomic mass is 10.2. The standard InChI is InChI=1S/C10H12O4S.C8H8O4S/c1-3-14-10(11)8-4-6-9(7-5-8)15(2,12)13;1-13(11,12)7-4-2-6(3-5-7)8(9)10/h4-7H,3H2,1-2H3;2-5H,1H3,(H,9,10). The molecule has 0 atom stereocenters. The SMILES string of the molecule is CCOC(=O)c1ccc(S(C)(=O)=O)cc1.CS(=O)(=O)c1ccc(C(=O)O)cc1. The van der Waals surface area contributed by atoms with Crippen molar-refractivity contribution in [1.82, 2.24) is 0 Å². The molecule has 2 aromatic rings. The normalized spacial score (nSPS) is 11.1. The Balaban J connectivity index is 0.000000283. The minimum atomic E-state index is -3.24. The third kappa shape index (κ3) is 7.12. The van der Waals surface area contributed by atoms with Gasteiger partial charge in [0.2, 0.25) is 0 Å². The van der Waals surface area contributed by atoms with Crippen LogP contribution in [0.1, 0.15) is 27.6 Å². The molecule has 0 saturated carbocycles. The van der Waals surface area contributed by atoms with Crippen LogP contribution in [-0.2, 0) is 24.4 Å². The van der Waals surface area contributed by atoms with Crippen LogP contribution in [0.5, 0.6) is 0 Å². The average molecular weight is 428 g/mol. The molecule has 0 aromatic heterocycles. The van der Waals surface area contributed by atoms with E-state index in [0.717, 1.165) is 12.5 Å². The summed E-state index contributed by atoms with van der Waals surface area (Å²) < 4.78 is 48.9. The van der Waals surface area contributed by atoms with Crippen LogP contribution in [0.4, 0.5) is 0 Å². The lowest BCUT2D eigenvalue weighted by molar-refractivity contribution is 0.0525. The second kappa shape index (κ2) is 9.47. The van der Waals surface area contributed by atoms with E-state index in [1.807, 2.05) is 0 Å². The van der Waals surface area contributed by atoms with Gasteiger partial charge in [0.25, 0.3) is 0 Å². The van der Waals surface area contributed by atoms with E-state index in [1.165, 1.54) is 48.5 Å². The summed E-state index contributed by atoms with van der Waals surface area (Å²) in [5, 5.41) is 8.53. The minimum absolute atomic E-state index is 0.0763. The lowest BCUT2D eigenvalue weighted by Crippen LogP contribution is -2.05. The zero-order valence-corrected chi connectivity index (χ0v) is 17.1. The molecular formula is C18H20O8S2. The number of carbonyl (C=O) groups excluding carboxylic acids is 1. The number of carboxylic acid groups (broad SMARTS) is 1. The number of hydrogen-bond donors (Lipinski definition) is 1. The van der Waals surface area contributed by atoms with Crippen molar-refractivity contribution in [3.8, 4) is 0 Å². The number of rotatable bonds is 5. The maximum absolute atomic E-state index is 11.2. The van der Waals surface area contributed by atoms with Crippen molar-refractivity contribution in [2.75, 3.05) is 19.1 Å². The van der Waals surface area contributed by atoms with Crippen molar-refractivity contribution in [2.24, 2.45) is 0 Å². The van der Waals surface area contributed by atoms with Crippen LogP contribution >= 0.6 is 0 Å². The molecule has 0 unspecified atom stereocenters. The van der Waals surface area contributed by atoms with Crippen LogP contribution in [0.25, 0.3) is 0 Å². The van der Waals surface area contributed by atoms with Crippen LogP contribution in [0.2, 0.25) is 0 Å². The Morgan fingerprint density at radius 3 is 1.43 bits per heavy atom. The maximum atomic E-state index is 11.2. The molecule has 2 aromatic carbocycles. The lowest BCUT2D eigenvalue weighted by Gasteiger charge is -2.02. The zero-order valence-electron chi connectivity index (χ0n) is 15.4. The van der Waals surface area contributed by atoms with Gasteiger partial charge in [0.1, 0.15) is 0 Å². The number of ether oxygens (including phenoxy) is 1. The summed E-state index contributed by atoms with van der Waals surface area (Å²) in [6, 6.07) is 10.7. The molecule has 8 nitrogen and oxygen atoms in total. The molecule has 0 radical (unpaired) electrons. The predicted octanol–water partition coefficient (Wildman–Crippen LogP) is 2.06. The maximum Gasteiger partial charge on any atom is 0.338 e. The highest BCUT2D eigenvalue weighted by Gasteiger charge is 2.10. The molecular weight excluding hydrogens is 408 g/mol. The van der Waals surface area contributed by atoms with Gasteiger partial charge in [-0.05, 0) is 55.5 Å². The number of sulfone groups is 2. The van der Waals surface area contributed by atoms with Crippen LogP contribution in [0.3, 0.4) is 0 Å². The van der Waals surface area contributed by atoms with Crippen LogP contribution in [0.15, 0.2) is 58.3 Å². The van der Waals surface area contributed by atoms with Crippen molar-refractivity contribution < 1.29 is 36.3 Å². The van der Waals surface area contributed by atoms with Gasteiger partial charge in [-0.1, -0.05) is 0 Å². The molecule has 0 bridgehead atoms. The molecule has 0 aliphatic heterocycles. The Bertz CT molecular complexity index is 1040. The highest BCUT2D eigenvalue weighted by Crippen LogP contribution is 2.11. The molecule has 152 valence electrons. The number of carboxylic acids is 1. The highest BCUT2D eigenvalue weighted by atomic mass is 32.2. The van der Waals surface area contributed by atoms with Crippen molar-refractivity contribution in [3.05, 3.63) is 59.7 Å². The van der Waals surface area contributed by atoms with Gasteiger partial charge in [-0.25, -0.2) is 26.4 Å². The molecule has 0 spiro atoms. The average Bonchev–Trinajstić information content (AvgIpc) is 2.61. The van der Waals surface area contributed by atoms with Crippen molar-refractivity contribution >= 4 is 31.6 Å². The first-order valence-electron chi connectivity index (χ1n) is 7.87. The number of esters is 1. The summed E-state index contributed by atoms with van der Waals surface area (Å²) >= 11 is 0. The van der Waals surface area contributed by atoms with Crippen molar-refractivity contribution in [2.45, 2.75) is 16.7 Å². The Hall–Kier alpha value is -2.72. The van der Waals surface area contributed by atoms with E-state index in [1.54, 1.807) is 6.92 Å². The number of hydrogen-bond acceptors (Lipinski definition) is 7. The van der Waals surface area contributed by atoms with Crippen LogP contribution in [-0.4, -0.2) is 53.0 Å². The smallest absolute Gasteiger partial charge is 0.338 e. The topological polar surface area (TPSA) is 132 Å². The molecule has 0 aliphatic carbocycles. The molecule has 0 saturated heterocycles. The summed E-state index contributed by atoms with van der Waals surface area (Å²) in [5.41, 5.74) is 0.427. The molecule has 10 heteroatoms. The van der Waals surface area contributed by atoms with Crippen molar-refractivity contribution in [3.63, 3.8) is 0 Å². The quantitative estimate of drug-likeness (QED) is 0.716. The zero-order chi connectivity index (χ0) is 21.5. The monoisotopic (exact) mass is 428 g/mol. The van der Waals surface area contributed by atoms with Gasteiger partial charge in [-0.2, -0.15) is 0 Å². The first-order valence-corrected chi connectivity index (χ1v) is 11.6. The Morgan fingerprint density at radius 2 is 1.14 bits per heavy atom. The third-order valence-electron chi connectivity index (χ3n) is 3.32. The van der Waals surface area contributed by atoms with Gasteiger partial charge >= 0.3 is 11.9 Å². The first kappa shape index (κ1) is 23.3. The Morgan fingerprint density at radius 1 is 0.786 bits per heavy atom. The van der Waals surface area contributed by atoms with Gasteiger partial charge in [0, 0.05) is 12.5 Å². The van der Waals surface area contributed by atoms with Crippen LogP contribution in [0, 0.1) is 0 Å². The molecule has 0 fully saturated rings. The third-order valence-corrected chi connectivity index (χ3v) is 5.58. The van der Waals surface area contributed by atoms with Gasteiger partial charge < -0.3 is 9.84 Å². The number of aromatic carboxylic acids is 1. The number of benzene rings is 2. The molecule has 0 amide bonds. The van der Waals surface area contributed by atoms with E-state index in [2.05, 4.69) is 0 Å². The second-order valence-electron chi connectivity index (χ2n) is 5.62. The van der Waals surface area contributed by atoms with Gasteiger partial charge in [0.15, 0.2) is 19.7 Å². The second-order valence-corrected chi connectivity index (χ2v) is 9.65. The minimum Gasteiger partial charge on any atom is -0.478 e. The van der Waals surface area contributed by atoms with Gasteiger partial charge in [0.05, 0.1) is 27.5 Å². The van der Waals surface area contributed by atoms with Crippen LogP contribution < -0.4 is 0 Å². The van der Waals surface area contributed by atoms with Gasteiger partial charge in [-0.15, -0.1) is 0 Å². The van der Waals surface area contributed by atoms with E-state index in [4.69, 9.17) is 9.84 Å². The molecule has 0 heterocycles. The van der Waals surface area contributed by atoms with Crippen molar-refractivity contribution in [1.29, 1.82) is 0 Å². The van der Waals surface area contributed by atoms with E-state index in [-0.39, 0.29) is 15.4 Å². The highest BCUT2D eigenvalue weighted by molar-refractivity contribution is 7.91. The fourth-order valence-corrected chi connectivity index (χ4v) is 3.16. The summed E-state index contributed by atoms with van der Waals surface area (Å²) in [5.74, 6) is -1.52. The van der Waals surface area contributed by atoms with E-state index >= 15 is 0 Å². The van der Waals surface area contributed by atoms with E-state index in [0.29, 0.717) is 12.2 Å². The number of carbonyl (C=O) groups is 2. The molecule has 2 rings (SSSR count). The first-order chi connectivity index (χ1) is 12.9. The fraction of sp³-hybridized carbons (Fsp3) is 0.222. The van der Waals surface area contributed by atoms with Gasteiger partial charge in [-0.3, -0.25) is 0 Å². The predicted molar refractivity (Wildman–Crippen MR) is 102 cm³/mol. The molecule has 0 aliphatic rings. The largest absolute Gasteiger partial charge is 0.478 e. The molecule has 1 N–H and O–H groups in total. The Kier molecular flexibility index (Phi) is 7.89. The summed E-state index contributed by atoms with van der Waals surface area (Å²) in [6.45, 7) is 2.01. The Labute approximate surface area is 163 Å². The molecule has 28 heavy (non-hydrogen) atoms. The summed E-state index contributed by atoms with van der Waals surface area (Å²) in [4.78, 5) is 22.0. The fourth-order valence-electron chi connectivity index (χ4n) is 1.90. The van der Waals surface area contributed by atoms with E-state index < -0.39 is 31.6 Å².